The van der Waals surface area contributed by atoms with Crippen LogP contribution in [0.4, 0.5) is 17.1 Å². The lowest BCUT2D eigenvalue weighted by Crippen LogP contribution is -2.13. The molecule has 5 aromatic rings. The first-order valence-electron chi connectivity index (χ1n) is 10.2. The Hall–Kier alpha value is -3.87. The summed E-state index contributed by atoms with van der Waals surface area (Å²) < 4.78 is 0.676. The molecule has 1 amide bonds. The molecule has 0 saturated heterocycles. The zero-order valence-electron chi connectivity index (χ0n) is 17.3. The molecule has 5 nitrogen and oxygen atoms in total. The summed E-state index contributed by atoms with van der Waals surface area (Å²) in [4.78, 5) is 18.8. The van der Waals surface area contributed by atoms with Crippen LogP contribution in [0.2, 0.25) is 4.34 Å². The van der Waals surface area contributed by atoms with Crippen LogP contribution in [0.3, 0.4) is 0 Å². The minimum absolute atomic E-state index is 0.212. The number of azo groups is 1. The Morgan fingerprint density at radius 2 is 1.52 bits per heavy atom. The third-order valence-electron chi connectivity index (χ3n) is 4.95. The average Bonchev–Trinajstić information content (AvgIpc) is 3.30. The van der Waals surface area contributed by atoms with Crippen LogP contribution < -0.4 is 5.32 Å². The van der Waals surface area contributed by atoms with Gasteiger partial charge in [-0.15, -0.1) is 11.3 Å². The third kappa shape index (κ3) is 4.82. The maximum absolute atomic E-state index is 13.2. The highest BCUT2D eigenvalue weighted by molar-refractivity contribution is 7.19. The van der Waals surface area contributed by atoms with Crippen molar-refractivity contribution in [3.8, 4) is 10.6 Å². The summed E-state index contributed by atoms with van der Waals surface area (Å²) in [6.45, 7) is 0. The van der Waals surface area contributed by atoms with Gasteiger partial charge < -0.3 is 5.32 Å². The Kier molecular flexibility index (Phi) is 5.93. The van der Waals surface area contributed by atoms with Gasteiger partial charge in [0.25, 0.3) is 5.91 Å². The van der Waals surface area contributed by atoms with Gasteiger partial charge in [-0.2, -0.15) is 10.2 Å². The first-order chi connectivity index (χ1) is 16.2. The smallest absolute Gasteiger partial charge is 0.256 e. The molecule has 0 radical (unpaired) electrons. The van der Waals surface area contributed by atoms with E-state index in [0.717, 1.165) is 21.5 Å². The van der Waals surface area contributed by atoms with Crippen molar-refractivity contribution < 1.29 is 4.79 Å². The highest BCUT2D eigenvalue weighted by atomic mass is 35.5. The van der Waals surface area contributed by atoms with E-state index in [-0.39, 0.29) is 5.91 Å². The summed E-state index contributed by atoms with van der Waals surface area (Å²) in [6.07, 6.45) is 0. The molecule has 0 aliphatic carbocycles. The van der Waals surface area contributed by atoms with E-state index in [4.69, 9.17) is 16.6 Å². The van der Waals surface area contributed by atoms with Gasteiger partial charge >= 0.3 is 0 Å². The lowest BCUT2D eigenvalue weighted by molar-refractivity contribution is 0.102. The van der Waals surface area contributed by atoms with Crippen molar-refractivity contribution in [2.75, 3.05) is 5.32 Å². The first kappa shape index (κ1) is 21.0. The molecule has 1 N–H and O–H groups in total. The van der Waals surface area contributed by atoms with Gasteiger partial charge in [-0.05, 0) is 60.7 Å². The first-order valence-corrected chi connectivity index (χ1v) is 11.4. The fraction of sp³-hybridized carbons (Fsp3) is 0. The number of anilines is 1. The lowest BCUT2D eigenvalue weighted by atomic mass is 10.1. The molecule has 33 heavy (non-hydrogen) atoms. The van der Waals surface area contributed by atoms with Crippen LogP contribution in [0.5, 0.6) is 0 Å². The standard InChI is InChI=1S/C26H17ClN4OS/c27-25-15-14-24(33-25)23-16-21(20-8-4-5-9-22(20)29-23)26(32)28-17-10-12-19(13-11-17)31-30-18-6-2-1-3-7-18/h1-16H,(H,28,32). The molecular formula is C26H17ClN4OS. The van der Waals surface area contributed by atoms with Crippen LogP contribution in [-0.2, 0) is 0 Å². The minimum Gasteiger partial charge on any atom is -0.322 e. The molecule has 0 saturated carbocycles. The molecule has 0 unspecified atom stereocenters. The average molecular weight is 469 g/mol. The fourth-order valence-electron chi connectivity index (χ4n) is 3.36. The molecule has 160 valence electrons. The summed E-state index contributed by atoms with van der Waals surface area (Å²) in [5, 5.41) is 12.2. The minimum atomic E-state index is -0.212. The molecule has 0 spiro atoms. The van der Waals surface area contributed by atoms with Crippen LogP contribution in [-0.4, -0.2) is 10.9 Å². The molecule has 0 bridgehead atoms. The molecule has 0 aliphatic rings. The molecule has 7 heteroatoms. The van der Waals surface area contributed by atoms with Gasteiger partial charge in [0.15, 0.2) is 0 Å². The third-order valence-corrected chi connectivity index (χ3v) is 6.20. The van der Waals surface area contributed by atoms with Gasteiger partial charge in [0.05, 0.1) is 37.4 Å². The number of carbonyl (C=O) groups excluding carboxylic acids is 1. The van der Waals surface area contributed by atoms with E-state index < -0.39 is 0 Å². The van der Waals surface area contributed by atoms with Gasteiger partial charge in [0.2, 0.25) is 0 Å². The van der Waals surface area contributed by atoms with E-state index in [0.29, 0.717) is 27.0 Å². The number of hydrogen-bond acceptors (Lipinski definition) is 5. The van der Waals surface area contributed by atoms with Crippen molar-refractivity contribution in [2.24, 2.45) is 10.2 Å². The summed E-state index contributed by atoms with van der Waals surface area (Å²) >= 11 is 7.54. The number of nitrogens with zero attached hydrogens (tertiary/aromatic N) is 3. The van der Waals surface area contributed by atoms with Gasteiger partial charge in [-0.25, -0.2) is 4.98 Å². The van der Waals surface area contributed by atoms with Crippen molar-refractivity contribution in [3.05, 3.63) is 107 Å². The SMILES string of the molecule is O=C(Nc1ccc(N=Nc2ccccc2)cc1)c1cc(-c2ccc(Cl)s2)nc2ccccc12. The molecule has 0 atom stereocenters. The van der Waals surface area contributed by atoms with Crippen molar-refractivity contribution in [3.63, 3.8) is 0 Å². The number of fused-ring (bicyclic) bond motifs is 1. The molecule has 5 rings (SSSR count). The summed E-state index contributed by atoms with van der Waals surface area (Å²) in [7, 11) is 0. The van der Waals surface area contributed by atoms with Crippen LogP contribution in [0.25, 0.3) is 21.5 Å². The molecule has 0 fully saturated rings. The second-order valence-corrected chi connectivity index (χ2v) is 8.93. The fourth-order valence-corrected chi connectivity index (χ4v) is 4.37. The summed E-state index contributed by atoms with van der Waals surface area (Å²) in [6, 6.07) is 29.9. The van der Waals surface area contributed by atoms with E-state index >= 15 is 0 Å². The highest BCUT2D eigenvalue weighted by Gasteiger charge is 2.15. The van der Waals surface area contributed by atoms with Crippen molar-refractivity contribution >= 4 is 56.8 Å². The Morgan fingerprint density at radius 3 is 2.24 bits per heavy atom. The second kappa shape index (κ2) is 9.32. The van der Waals surface area contributed by atoms with Crippen LogP contribution in [0.1, 0.15) is 10.4 Å². The summed E-state index contributed by atoms with van der Waals surface area (Å²) in [5.74, 6) is -0.212. The normalized spacial score (nSPS) is 11.2. The maximum Gasteiger partial charge on any atom is 0.256 e. The lowest BCUT2D eigenvalue weighted by Gasteiger charge is -2.10. The number of rotatable bonds is 5. The zero-order valence-corrected chi connectivity index (χ0v) is 18.8. The molecule has 0 aliphatic heterocycles. The summed E-state index contributed by atoms with van der Waals surface area (Å²) in [5.41, 5.74) is 4.16. The number of amides is 1. The number of para-hydroxylation sites is 1. The quantitative estimate of drug-likeness (QED) is 0.263. The van der Waals surface area contributed by atoms with E-state index in [9.17, 15) is 4.79 Å². The van der Waals surface area contributed by atoms with Crippen LogP contribution in [0, 0.1) is 0 Å². The van der Waals surface area contributed by atoms with Crippen LogP contribution in [0.15, 0.2) is 107 Å². The molecule has 2 heterocycles. The Bertz CT molecular complexity index is 1460. The van der Waals surface area contributed by atoms with Gasteiger partial charge in [-0.1, -0.05) is 48.0 Å². The Morgan fingerprint density at radius 1 is 0.818 bits per heavy atom. The van der Waals surface area contributed by atoms with Gasteiger partial charge in [-0.3, -0.25) is 4.79 Å². The number of hydrogen-bond donors (Lipinski definition) is 1. The number of halogens is 1. The van der Waals surface area contributed by atoms with Crippen molar-refractivity contribution in [1.82, 2.24) is 4.98 Å². The predicted molar refractivity (Wildman–Crippen MR) is 135 cm³/mol. The van der Waals surface area contributed by atoms with Crippen LogP contribution >= 0.6 is 22.9 Å². The van der Waals surface area contributed by atoms with E-state index in [2.05, 4.69) is 15.5 Å². The molecular weight excluding hydrogens is 452 g/mol. The van der Waals surface area contributed by atoms with Crippen molar-refractivity contribution in [1.29, 1.82) is 0 Å². The number of carbonyl (C=O) groups is 1. The van der Waals surface area contributed by atoms with E-state index in [1.807, 2.05) is 84.9 Å². The number of benzene rings is 3. The number of nitrogens with one attached hydrogen (secondary N) is 1. The largest absolute Gasteiger partial charge is 0.322 e. The van der Waals surface area contributed by atoms with E-state index in [1.165, 1.54) is 11.3 Å². The van der Waals surface area contributed by atoms with Crippen molar-refractivity contribution in [2.45, 2.75) is 0 Å². The topological polar surface area (TPSA) is 66.7 Å². The Balaban J connectivity index is 1.40. The maximum atomic E-state index is 13.2. The zero-order chi connectivity index (χ0) is 22.6. The monoisotopic (exact) mass is 468 g/mol. The molecule has 3 aromatic carbocycles. The van der Waals surface area contributed by atoms with Gasteiger partial charge in [0, 0.05) is 11.1 Å². The van der Waals surface area contributed by atoms with Gasteiger partial charge in [0.1, 0.15) is 0 Å². The number of aromatic nitrogens is 1. The highest BCUT2D eigenvalue weighted by Crippen LogP contribution is 2.32. The predicted octanol–water partition coefficient (Wildman–Crippen LogP) is 8.28. The second-order valence-electron chi connectivity index (χ2n) is 7.21. The Labute approximate surface area is 199 Å². The number of thiophene rings is 1. The number of pyridine rings is 1. The van der Waals surface area contributed by atoms with E-state index in [1.54, 1.807) is 12.1 Å². The molecule has 2 aromatic heterocycles.